The van der Waals surface area contributed by atoms with Gasteiger partial charge in [0, 0.05) is 29.6 Å². The number of halogens is 3. The van der Waals surface area contributed by atoms with Gasteiger partial charge in [0.2, 0.25) is 0 Å². The largest absolute Gasteiger partial charge is 0.433 e. The number of hydrogen-bond donors (Lipinski definition) is 0. The summed E-state index contributed by atoms with van der Waals surface area (Å²) in [5.41, 5.74) is 1.35. The Bertz CT molecular complexity index is 1880. The number of aryl methyl sites for hydroxylation is 1. The summed E-state index contributed by atoms with van der Waals surface area (Å²) in [5, 5.41) is 24.1. The smallest absolute Gasteiger partial charge is 0.272 e. The minimum absolute atomic E-state index is 0.123. The van der Waals surface area contributed by atoms with Crippen molar-refractivity contribution in [1.82, 2.24) is 44.1 Å². The first-order valence-corrected chi connectivity index (χ1v) is 12.0. The Morgan fingerprint density at radius 3 is 2.63 bits per heavy atom. The number of pyridine rings is 1. The van der Waals surface area contributed by atoms with Crippen molar-refractivity contribution in [1.29, 1.82) is 0 Å². The van der Waals surface area contributed by atoms with E-state index in [9.17, 15) is 23.3 Å². The van der Waals surface area contributed by atoms with Crippen molar-refractivity contribution in [2.75, 3.05) is 0 Å². The highest BCUT2D eigenvalue weighted by molar-refractivity contribution is 7.26. The first-order valence-electron chi connectivity index (χ1n) is 11.2. The van der Waals surface area contributed by atoms with E-state index in [4.69, 9.17) is 0 Å². The van der Waals surface area contributed by atoms with Crippen LogP contribution >= 0.6 is 11.3 Å². The van der Waals surface area contributed by atoms with Crippen LogP contribution in [-0.2, 0) is 19.8 Å². The Morgan fingerprint density at radius 1 is 1.18 bits per heavy atom. The van der Waals surface area contributed by atoms with Crippen molar-refractivity contribution in [3.63, 3.8) is 0 Å². The molecular formula is C22H17F3N10O2S. The average Bonchev–Trinajstić information content (AvgIpc) is 3.63. The zero-order chi connectivity index (χ0) is 26.9. The zero-order valence-corrected chi connectivity index (χ0v) is 20.8. The number of nitro groups is 1. The molecule has 0 saturated carbocycles. The Hall–Kier alpha value is -4.47. The molecule has 0 fully saturated rings. The lowest BCUT2D eigenvalue weighted by molar-refractivity contribution is -0.385. The summed E-state index contributed by atoms with van der Waals surface area (Å²) in [6, 6.07) is 1.03. The molecule has 0 bridgehead atoms. The van der Waals surface area contributed by atoms with Gasteiger partial charge >= 0.3 is 11.9 Å². The van der Waals surface area contributed by atoms with E-state index in [1.54, 1.807) is 18.7 Å². The fourth-order valence-electron chi connectivity index (χ4n) is 4.28. The van der Waals surface area contributed by atoms with Crippen LogP contribution in [0.2, 0.25) is 0 Å². The molecular weight excluding hydrogens is 525 g/mol. The summed E-state index contributed by atoms with van der Waals surface area (Å²) >= 11 is 1.06. The van der Waals surface area contributed by atoms with Crippen molar-refractivity contribution in [2.45, 2.75) is 32.5 Å². The highest BCUT2D eigenvalue weighted by atomic mass is 32.1. The molecule has 12 nitrogen and oxygen atoms in total. The van der Waals surface area contributed by atoms with Gasteiger partial charge < -0.3 is 0 Å². The number of fused-ring (bicyclic) bond motifs is 5. The second-order valence-electron chi connectivity index (χ2n) is 8.84. The van der Waals surface area contributed by atoms with Gasteiger partial charge in [0.1, 0.15) is 33.9 Å². The molecule has 0 amide bonds. The lowest BCUT2D eigenvalue weighted by atomic mass is 10.0. The van der Waals surface area contributed by atoms with Gasteiger partial charge in [-0.1, -0.05) is 6.92 Å². The van der Waals surface area contributed by atoms with Crippen molar-refractivity contribution in [3.05, 3.63) is 58.3 Å². The van der Waals surface area contributed by atoms with Crippen LogP contribution in [0.15, 0.2) is 31.0 Å². The molecule has 6 rings (SSSR count). The molecule has 0 spiro atoms. The number of nitrogens with zero attached hydrogens (tertiary/aromatic N) is 10. The van der Waals surface area contributed by atoms with Gasteiger partial charge in [-0.25, -0.2) is 19.5 Å². The molecule has 194 valence electrons. The standard InChI is InChI=1S/C22H17F3N10O2S/c1-10(7-33-8-12(5-28-33)35(36)37)19-30-20-18-17(26-9-34(20)31-19)16-13(14-6-27-32(3)11(14)2)4-15(22(23,24)25)29-21(16)38-18/h4-6,8-10H,7H2,1-3H3. The van der Waals surface area contributed by atoms with Gasteiger partial charge in [-0.15, -0.1) is 16.4 Å². The predicted octanol–water partition coefficient (Wildman–Crippen LogP) is 4.52. The molecule has 0 N–H and O–H groups in total. The van der Waals surface area contributed by atoms with E-state index in [2.05, 4.69) is 30.2 Å². The summed E-state index contributed by atoms with van der Waals surface area (Å²) in [6.07, 6.45) is 0.839. The van der Waals surface area contributed by atoms with Gasteiger partial charge in [0.15, 0.2) is 11.5 Å². The Morgan fingerprint density at radius 2 is 1.97 bits per heavy atom. The second-order valence-corrected chi connectivity index (χ2v) is 9.84. The normalized spacial score (nSPS) is 13.2. The van der Waals surface area contributed by atoms with Crippen LogP contribution in [0.3, 0.4) is 0 Å². The molecule has 0 aliphatic rings. The molecule has 16 heteroatoms. The van der Waals surface area contributed by atoms with Gasteiger partial charge in [0.25, 0.3) is 0 Å². The third-order valence-electron chi connectivity index (χ3n) is 6.33. The molecule has 0 aliphatic carbocycles. The van der Waals surface area contributed by atoms with E-state index >= 15 is 0 Å². The maximum absolute atomic E-state index is 13.8. The average molecular weight is 543 g/mol. The van der Waals surface area contributed by atoms with Gasteiger partial charge in [-0.05, 0) is 18.6 Å². The third-order valence-corrected chi connectivity index (χ3v) is 7.40. The lowest BCUT2D eigenvalue weighted by Gasteiger charge is -2.10. The van der Waals surface area contributed by atoms with E-state index < -0.39 is 16.8 Å². The fourth-order valence-corrected chi connectivity index (χ4v) is 5.41. The van der Waals surface area contributed by atoms with E-state index in [-0.39, 0.29) is 23.0 Å². The Kier molecular flexibility index (Phi) is 5.20. The maximum Gasteiger partial charge on any atom is 0.433 e. The summed E-state index contributed by atoms with van der Waals surface area (Å²) in [6.45, 7) is 3.91. The summed E-state index contributed by atoms with van der Waals surface area (Å²) < 4.78 is 46.4. The number of hydrogen-bond acceptors (Lipinski definition) is 9. The topological polar surface area (TPSA) is 135 Å². The molecule has 38 heavy (non-hydrogen) atoms. The van der Waals surface area contributed by atoms with Gasteiger partial charge in [-0.3, -0.25) is 19.5 Å². The van der Waals surface area contributed by atoms with Crippen molar-refractivity contribution >= 4 is 43.1 Å². The highest BCUT2D eigenvalue weighted by Crippen LogP contribution is 2.43. The summed E-state index contributed by atoms with van der Waals surface area (Å²) in [5.74, 6) is 0.157. The monoisotopic (exact) mass is 542 g/mol. The van der Waals surface area contributed by atoms with Gasteiger partial charge in [-0.2, -0.15) is 23.4 Å². The zero-order valence-electron chi connectivity index (χ0n) is 20.0. The second kappa shape index (κ2) is 8.27. The predicted molar refractivity (Wildman–Crippen MR) is 131 cm³/mol. The number of alkyl halides is 3. The fraction of sp³-hybridized carbons (Fsp3) is 0.273. The van der Waals surface area contributed by atoms with E-state index in [0.717, 1.165) is 23.6 Å². The molecule has 1 unspecified atom stereocenters. The van der Waals surface area contributed by atoms with Crippen LogP contribution in [0, 0.1) is 17.0 Å². The Labute approximate surface area is 214 Å². The van der Waals surface area contributed by atoms with Crippen LogP contribution in [0.1, 0.15) is 30.1 Å². The molecule has 1 atom stereocenters. The first kappa shape index (κ1) is 23.9. The minimum Gasteiger partial charge on any atom is -0.272 e. The van der Waals surface area contributed by atoms with E-state index in [1.807, 2.05) is 6.92 Å². The van der Waals surface area contributed by atoms with Crippen molar-refractivity contribution in [2.24, 2.45) is 7.05 Å². The number of thiophene rings is 1. The third kappa shape index (κ3) is 3.75. The van der Waals surface area contributed by atoms with Crippen LogP contribution in [0.5, 0.6) is 0 Å². The molecule has 6 aromatic rings. The number of rotatable bonds is 5. The first-order chi connectivity index (χ1) is 18.0. The Balaban J connectivity index is 1.51. The van der Waals surface area contributed by atoms with Crippen LogP contribution in [0.25, 0.3) is 37.2 Å². The quantitative estimate of drug-likeness (QED) is 0.229. The molecule has 0 aliphatic heterocycles. The molecule has 0 saturated heterocycles. The molecule has 6 aromatic heterocycles. The number of aromatic nitrogens is 9. The van der Waals surface area contributed by atoms with E-state index in [0.29, 0.717) is 43.9 Å². The maximum atomic E-state index is 13.8. The van der Waals surface area contributed by atoms with Crippen LogP contribution < -0.4 is 0 Å². The van der Waals surface area contributed by atoms with E-state index in [1.165, 1.54) is 27.9 Å². The molecule has 0 radical (unpaired) electrons. The molecule has 0 aromatic carbocycles. The minimum atomic E-state index is -4.64. The SMILES string of the molecule is Cc1c(-c2cc(C(F)(F)F)nc3sc4c(ncn5nc(C(C)Cn6cc([N+](=O)[O-])cn6)nc45)c23)cnn1C. The molecule has 6 heterocycles. The van der Waals surface area contributed by atoms with Crippen LogP contribution in [0.4, 0.5) is 18.9 Å². The van der Waals surface area contributed by atoms with Crippen molar-refractivity contribution < 1.29 is 18.1 Å². The summed E-state index contributed by atoms with van der Waals surface area (Å²) in [7, 11) is 1.72. The van der Waals surface area contributed by atoms with Crippen molar-refractivity contribution in [3.8, 4) is 11.1 Å². The van der Waals surface area contributed by atoms with Gasteiger partial charge in [0.05, 0.1) is 23.2 Å². The van der Waals surface area contributed by atoms with Crippen LogP contribution in [-0.4, -0.2) is 49.1 Å². The summed E-state index contributed by atoms with van der Waals surface area (Å²) in [4.78, 5) is 23.7. The highest BCUT2D eigenvalue weighted by Gasteiger charge is 2.35. The lowest BCUT2D eigenvalue weighted by Crippen LogP contribution is -2.08.